The van der Waals surface area contributed by atoms with Gasteiger partial charge in [-0.05, 0) is 48.6 Å². The molecule has 0 radical (unpaired) electrons. The fourth-order valence-electron chi connectivity index (χ4n) is 3.11. The van der Waals surface area contributed by atoms with Crippen LogP contribution in [0.25, 0.3) is 0 Å². The summed E-state index contributed by atoms with van der Waals surface area (Å²) >= 11 is 0. The maximum atomic E-state index is 5.42. The molecule has 0 saturated carbocycles. The minimum absolute atomic E-state index is 0.313. The molecule has 0 bridgehead atoms. The number of ether oxygens (including phenoxy) is 1. The van der Waals surface area contributed by atoms with Gasteiger partial charge in [0.05, 0.1) is 6.04 Å². The van der Waals surface area contributed by atoms with Crippen molar-refractivity contribution in [1.82, 2.24) is 5.32 Å². The van der Waals surface area contributed by atoms with Crippen molar-refractivity contribution in [3.63, 3.8) is 0 Å². The predicted octanol–water partition coefficient (Wildman–Crippen LogP) is 3.70. The highest BCUT2D eigenvalue weighted by atomic mass is 16.5. The zero-order valence-corrected chi connectivity index (χ0v) is 12.6. The Morgan fingerprint density at radius 2 is 1.62 bits per heavy atom. The average Bonchev–Trinajstić information content (AvgIpc) is 2.53. The molecule has 2 aromatic rings. The molecule has 2 aromatic carbocycles. The van der Waals surface area contributed by atoms with Gasteiger partial charge in [-0.25, -0.2) is 0 Å². The zero-order valence-electron chi connectivity index (χ0n) is 12.6. The Morgan fingerprint density at radius 3 is 2.24 bits per heavy atom. The number of fused-ring (bicyclic) bond motifs is 2. The normalized spacial score (nSPS) is 13.8. The lowest BCUT2D eigenvalue weighted by atomic mass is 9.82. The second-order valence-electron chi connectivity index (χ2n) is 5.51. The van der Waals surface area contributed by atoms with E-state index >= 15 is 0 Å². The van der Waals surface area contributed by atoms with Crippen molar-refractivity contribution in [1.29, 1.82) is 0 Å². The fraction of sp³-hybridized carbons (Fsp3) is 0.368. The molecule has 0 saturated heterocycles. The standard InChI is InChI=1S/C19H23NO/c1-2-21-13-7-12-20-19-17-10-5-3-8-15(17)14-16-9-4-6-11-18(16)19/h3-6,8-11,19-20H,2,7,12-14H2,1H3. The maximum absolute atomic E-state index is 5.42. The molecule has 0 unspecified atom stereocenters. The third-order valence-corrected chi connectivity index (χ3v) is 4.13. The van der Waals surface area contributed by atoms with Crippen molar-refractivity contribution in [2.24, 2.45) is 0 Å². The first-order valence-electron chi connectivity index (χ1n) is 7.87. The Labute approximate surface area is 127 Å². The third-order valence-electron chi connectivity index (χ3n) is 4.13. The van der Waals surface area contributed by atoms with E-state index in [0.717, 1.165) is 32.6 Å². The van der Waals surface area contributed by atoms with Crippen molar-refractivity contribution in [2.75, 3.05) is 19.8 Å². The highest BCUT2D eigenvalue weighted by Gasteiger charge is 2.23. The van der Waals surface area contributed by atoms with Crippen LogP contribution in [0.15, 0.2) is 48.5 Å². The number of benzene rings is 2. The minimum Gasteiger partial charge on any atom is -0.382 e. The van der Waals surface area contributed by atoms with E-state index in [1.807, 2.05) is 6.92 Å². The lowest BCUT2D eigenvalue weighted by molar-refractivity contribution is 0.144. The second kappa shape index (κ2) is 6.88. The van der Waals surface area contributed by atoms with E-state index in [9.17, 15) is 0 Å². The number of hydrogen-bond donors (Lipinski definition) is 1. The summed E-state index contributed by atoms with van der Waals surface area (Å²) in [6, 6.07) is 17.9. The van der Waals surface area contributed by atoms with Gasteiger partial charge in [0.2, 0.25) is 0 Å². The van der Waals surface area contributed by atoms with Crippen molar-refractivity contribution < 1.29 is 4.74 Å². The molecule has 2 heteroatoms. The van der Waals surface area contributed by atoms with E-state index in [2.05, 4.69) is 53.8 Å². The Kier molecular flexibility index (Phi) is 4.69. The van der Waals surface area contributed by atoms with E-state index in [0.29, 0.717) is 6.04 Å². The van der Waals surface area contributed by atoms with Crippen LogP contribution >= 0.6 is 0 Å². The molecule has 110 valence electrons. The van der Waals surface area contributed by atoms with Gasteiger partial charge in [-0.3, -0.25) is 0 Å². The van der Waals surface area contributed by atoms with Gasteiger partial charge in [0.1, 0.15) is 0 Å². The van der Waals surface area contributed by atoms with Crippen molar-refractivity contribution in [3.05, 3.63) is 70.8 Å². The quantitative estimate of drug-likeness (QED) is 0.815. The van der Waals surface area contributed by atoms with E-state index in [-0.39, 0.29) is 0 Å². The zero-order chi connectivity index (χ0) is 14.5. The average molecular weight is 281 g/mol. The van der Waals surface area contributed by atoms with Crippen LogP contribution in [0.5, 0.6) is 0 Å². The molecular weight excluding hydrogens is 258 g/mol. The van der Waals surface area contributed by atoms with Crippen molar-refractivity contribution in [3.8, 4) is 0 Å². The molecule has 0 spiro atoms. The van der Waals surface area contributed by atoms with E-state index in [1.54, 1.807) is 0 Å². The van der Waals surface area contributed by atoms with Crippen LogP contribution in [-0.2, 0) is 11.2 Å². The molecular formula is C19H23NO. The first kappa shape index (κ1) is 14.3. The molecule has 0 aromatic heterocycles. The Hall–Kier alpha value is -1.64. The van der Waals surface area contributed by atoms with Crippen LogP contribution in [0.3, 0.4) is 0 Å². The molecule has 0 aliphatic heterocycles. The molecule has 21 heavy (non-hydrogen) atoms. The lowest BCUT2D eigenvalue weighted by Gasteiger charge is -2.29. The molecule has 0 atom stereocenters. The highest BCUT2D eigenvalue weighted by Crippen LogP contribution is 2.34. The van der Waals surface area contributed by atoms with E-state index in [1.165, 1.54) is 22.3 Å². The number of rotatable bonds is 6. The third kappa shape index (κ3) is 3.17. The van der Waals surface area contributed by atoms with E-state index < -0.39 is 0 Å². The Balaban J connectivity index is 1.78. The molecule has 0 heterocycles. The molecule has 1 aliphatic carbocycles. The smallest absolute Gasteiger partial charge is 0.0582 e. The van der Waals surface area contributed by atoms with Crippen LogP contribution in [0, 0.1) is 0 Å². The van der Waals surface area contributed by atoms with Crippen LogP contribution in [0.4, 0.5) is 0 Å². The van der Waals surface area contributed by atoms with Gasteiger partial charge in [-0.1, -0.05) is 48.5 Å². The maximum Gasteiger partial charge on any atom is 0.0582 e. The second-order valence-corrected chi connectivity index (χ2v) is 5.51. The molecule has 0 amide bonds. The Bertz CT molecular complexity index is 548. The Morgan fingerprint density at radius 1 is 1.00 bits per heavy atom. The molecule has 3 rings (SSSR count). The summed E-state index contributed by atoms with van der Waals surface area (Å²) in [5.74, 6) is 0. The van der Waals surface area contributed by atoms with E-state index in [4.69, 9.17) is 4.74 Å². The lowest BCUT2D eigenvalue weighted by Crippen LogP contribution is -2.28. The first-order chi connectivity index (χ1) is 10.4. The van der Waals surface area contributed by atoms with Crippen LogP contribution < -0.4 is 5.32 Å². The SMILES string of the molecule is CCOCCCNC1c2ccccc2Cc2ccccc21. The molecule has 0 fully saturated rings. The number of hydrogen-bond acceptors (Lipinski definition) is 2. The molecule has 1 N–H and O–H groups in total. The van der Waals surface area contributed by atoms with Gasteiger partial charge in [0, 0.05) is 13.2 Å². The monoisotopic (exact) mass is 281 g/mol. The summed E-state index contributed by atoms with van der Waals surface area (Å²) < 4.78 is 5.42. The summed E-state index contributed by atoms with van der Waals surface area (Å²) in [5.41, 5.74) is 5.73. The predicted molar refractivity (Wildman–Crippen MR) is 86.6 cm³/mol. The van der Waals surface area contributed by atoms with Gasteiger partial charge in [-0.2, -0.15) is 0 Å². The van der Waals surface area contributed by atoms with Gasteiger partial charge in [-0.15, -0.1) is 0 Å². The summed E-state index contributed by atoms with van der Waals surface area (Å²) in [4.78, 5) is 0. The summed E-state index contributed by atoms with van der Waals surface area (Å²) in [6.45, 7) is 4.66. The van der Waals surface area contributed by atoms with Crippen molar-refractivity contribution >= 4 is 0 Å². The van der Waals surface area contributed by atoms with Crippen molar-refractivity contribution in [2.45, 2.75) is 25.8 Å². The van der Waals surface area contributed by atoms with Gasteiger partial charge in [0.25, 0.3) is 0 Å². The largest absolute Gasteiger partial charge is 0.382 e. The van der Waals surface area contributed by atoms with Gasteiger partial charge < -0.3 is 10.1 Å². The summed E-state index contributed by atoms with van der Waals surface area (Å²) in [7, 11) is 0. The van der Waals surface area contributed by atoms with Gasteiger partial charge >= 0.3 is 0 Å². The van der Waals surface area contributed by atoms with Crippen LogP contribution in [0.1, 0.15) is 41.6 Å². The molecule has 2 nitrogen and oxygen atoms in total. The van der Waals surface area contributed by atoms with Crippen LogP contribution in [-0.4, -0.2) is 19.8 Å². The minimum atomic E-state index is 0.313. The number of nitrogens with one attached hydrogen (secondary N) is 1. The fourth-order valence-corrected chi connectivity index (χ4v) is 3.11. The summed E-state index contributed by atoms with van der Waals surface area (Å²) in [6.07, 6.45) is 2.10. The highest BCUT2D eigenvalue weighted by molar-refractivity contribution is 5.48. The summed E-state index contributed by atoms with van der Waals surface area (Å²) in [5, 5.41) is 3.71. The molecule has 1 aliphatic rings. The van der Waals surface area contributed by atoms with Crippen LogP contribution in [0.2, 0.25) is 0 Å². The topological polar surface area (TPSA) is 21.3 Å². The first-order valence-corrected chi connectivity index (χ1v) is 7.87. The van der Waals surface area contributed by atoms with Gasteiger partial charge in [0.15, 0.2) is 0 Å².